The van der Waals surface area contributed by atoms with Crippen LogP contribution in [0.15, 0.2) is 57.7 Å². The maximum absolute atomic E-state index is 12.4. The summed E-state index contributed by atoms with van der Waals surface area (Å²) in [5.41, 5.74) is 3.67. The summed E-state index contributed by atoms with van der Waals surface area (Å²) in [4.78, 5) is 29.1. The van der Waals surface area contributed by atoms with Crippen molar-refractivity contribution < 1.29 is 9.21 Å². The zero-order valence-electron chi connectivity index (χ0n) is 17.3. The number of aryl methyl sites for hydroxylation is 1. The van der Waals surface area contributed by atoms with Crippen LogP contribution in [0.2, 0.25) is 0 Å². The Balaban J connectivity index is 1.30. The lowest BCUT2D eigenvalue weighted by atomic mass is 10.1. The minimum atomic E-state index is -0.377. The van der Waals surface area contributed by atoms with Crippen molar-refractivity contribution >= 4 is 22.7 Å². The van der Waals surface area contributed by atoms with Gasteiger partial charge in [0.25, 0.3) is 0 Å². The largest absolute Gasteiger partial charge is 0.419 e. The van der Waals surface area contributed by atoms with Gasteiger partial charge in [0, 0.05) is 51.4 Å². The molecule has 1 saturated heterocycles. The molecule has 3 aromatic rings. The second kappa shape index (κ2) is 9.17. The van der Waals surface area contributed by atoms with Gasteiger partial charge in [-0.1, -0.05) is 30.3 Å². The average Bonchev–Trinajstić information content (AvgIpc) is 3.08. The Bertz CT molecular complexity index is 1060. The van der Waals surface area contributed by atoms with Gasteiger partial charge < -0.3 is 19.5 Å². The van der Waals surface area contributed by atoms with Crippen LogP contribution in [0.4, 0.5) is 5.69 Å². The molecule has 0 saturated carbocycles. The van der Waals surface area contributed by atoms with Crippen molar-refractivity contribution in [2.45, 2.75) is 25.9 Å². The summed E-state index contributed by atoms with van der Waals surface area (Å²) < 4.78 is 6.83. The van der Waals surface area contributed by atoms with Crippen LogP contribution >= 0.6 is 0 Å². The molecule has 0 bridgehead atoms. The molecule has 158 valence electrons. The van der Waals surface area contributed by atoms with E-state index in [0.717, 1.165) is 37.3 Å². The smallest absolute Gasteiger partial charge is 0.408 e. The van der Waals surface area contributed by atoms with Crippen LogP contribution < -0.4 is 16.0 Å². The zero-order chi connectivity index (χ0) is 20.9. The Morgan fingerprint density at radius 2 is 1.77 bits per heavy atom. The quantitative estimate of drug-likeness (QED) is 0.650. The summed E-state index contributed by atoms with van der Waals surface area (Å²) in [5.74, 6) is -0.387. The molecule has 1 fully saturated rings. The summed E-state index contributed by atoms with van der Waals surface area (Å²) in [6, 6.07) is 15.6. The molecule has 1 amide bonds. The van der Waals surface area contributed by atoms with Crippen molar-refractivity contribution in [3.8, 4) is 0 Å². The molecule has 1 N–H and O–H groups in total. The highest BCUT2D eigenvalue weighted by Gasteiger charge is 2.17. The molecule has 30 heavy (non-hydrogen) atoms. The molecule has 4 rings (SSSR count). The Morgan fingerprint density at radius 1 is 1.03 bits per heavy atom. The van der Waals surface area contributed by atoms with Crippen molar-refractivity contribution in [3.05, 3.63) is 64.6 Å². The van der Waals surface area contributed by atoms with Gasteiger partial charge in [0.1, 0.15) is 0 Å². The van der Waals surface area contributed by atoms with E-state index in [1.807, 2.05) is 30.3 Å². The number of nitrogens with zero attached hydrogens (tertiary/aromatic N) is 3. The van der Waals surface area contributed by atoms with Crippen LogP contribution in [0.25, 0.3) is 11.1 Å². The van der Waals surface area contributed by atoms with Crippen molar-refractivity contribution in [2.75, 3.05) is 38.1 Å². The lowest BCUT2D eigenvalue weighted by molar-refractivity contribution is -0.121. The number of benzene rings is 2. The van der Waals surface area contributed by atoms with E-state index in [-0.39, 0.29) is 11.7 Å². The highest BCUT2D eigenvalue weighted by atomic mass is 16.4. The standard InChI is InChI=1S/C23H28N4O3/c1-25-13-15-26(16-14-25)19-8-3-2-7-18(19)17-24-22(28)11-6-12-27-20-9-4-5-10-21(20)30-23(27)29/h2-5,7-10H,6,11-17H2,1H3,(H,24,28). The number of hydrogen-bond acceptors (Lipinski definition) is 5. The van der Waals surface area contributed by atoms with Crippen molar-refractivity contribution in [2.24, 2.45) is 0 Å². The molecule has 1 aliphatic heterocycles. The number of piperazine rings is 1. The van der Waals surface area contributed by atoms with Gasteiger partial charge in [-0.25, -0.2) is 4.79 Å². The SMILES string of the molecule is CN1CCN(c2ccccc2CNC(=O)CCCn2c(=O)oc3ccccc32)CC1. The molecular formula is C23H28N4O3. The third kappa shape index (κ3) is 4.57. The molecule has 0 atom stereocenters. The number of rotatable bonds is 7. The van der Waals surface area contributed by atoms with Gasteiger partial charge in [-0.15, -0.1) is 0 Å². The number of hydrogen-bond donors (Lipinski definition) is 1. The van der Waals surface area contributed by atoms with E-state index in [1.165, 1.54) is 5.69 Å². The Labute approximate surface area is 175 Å². The summed E-state index contributed by atoms with van der Waals surface area (Å²) >= 11 is 0. The van der Waals surface area contributed by atoms with Gasteiger partial charge in [0.2, 0.25) is 5.91 Å². The molecule has 7 nitrogen and oxygen atoms in total. The molecule has 7 heteroatoms. The molecule has 2 heterocycles. The first-order chi connectivity index (χ1) is 14.6. The zero-order valence-corrected chi connectivity index (χ0v) is 17.3. The van der Waals surface area contributed by atoms with Gasteiger partial charge in [0.05, 0.1) is 5.52 Å². The molecule has 0 spiro atoms. The minimum absolute atomic E-state index is 0.0102. The monoisotopic (exact) mass is 408 g/mol. The first-order valence-corrected chi connectivity index (χ1v) is 10.5. The number of oxazole rings is 1. The lowest BCUT2D eigenvalue weighted by Crippen LogP contribution is -2.45. The lowest BCUT2D eigenvalue weighted by Gasteiger charge is -2.35. The van der Waals surface area contributed by atoms with Crippen LogP contribution in [0.5, 0.6) is 0 Å². The van der Waals surface area contributed by atoms with Crippen LogP contribution in [-0.2, 0) is 17.9 Å². The van der Waals surface area contributed by atoms with Crippen LogP contribution in [0.3, 0.4) is 0 Å². The Hall–Kier alpha value is -3.06. The molecule has 0 aliphatic carbocycles. The third-order valence-corrected chi connectivity index (χ3v) is 5.67. The normalized spacial score (nSPS) is 14.9. The van der Waals surface area contributed by atoms with Gasteiger partial charge in [-0.3, -0.25) is 9.36 Å². The van der Waals surface area contributed by atoms with Crippen molar-refractivity contribution in [1.29, 1.82) is 0 Å². The van der Waals surface area contributed by atoms with E-state index in [4.69, 9.17) is 4.42 Å². The summed E-state index contributed by atoms with van der Waals surface area (Å²) in [7, 11) is 2.14. The highest BCUT2D eigenvalue weighted by molar-refractivity contribution is 5.76. The predicted molar refractivity (Wildman–Crippen MR) is 118 cm³/mol. The first kappa shape index (κ1) is 20.2. The molecule has 0 unspecified atom stereocenters. The maximum Gasteiger partial charge on any atom is 0.419 e. The topological polar surface area (TPSA) is 70.7 Å². The van der Waals surface area contributed by atoms with Gasteiger partial charge in [0.15, 0.2) is 5.58 Å². The van der Waals surface area contributed by atoms with Gasteiger partial charge in [-0.05, 0) is 37.2 Å². The fourth-order valence-corrected chi connectivity index (χ4v) is 3.92. The third-order valence-electron chi connectivity index (χ3n) is 5.67. The average molecular weight is 409 g/mol. The minimum Gasteiger partial charge on any atom is -0.408 e. The molecule has 1 aromatic heterocycles. The second-order valence-electron chi connectivity index (χ2n) is 7.79. The van der Waals surface area contributed by atoms with Crippen molar-refractivity contribution in [1.82, 2.24) is 14.8 Å². The first-order valence-electron chi connectivity index (χ1n) is 10.5. The van der Waals surface area contributed by atoms with E-state index in [2.05, 4.69) is 34.3 Å². The number of amides is 1. The Morgan fingerprint density at radius 3 is 2.60 bits per heavy atom. The maximum atomic E-state index is 12.4. The van der Waals surface area contributed by atoms with E-state index in [9.17, 15) is 9.59 Å². The molecule has 2 aromatic carbocycles. The molecule has 0 radical (unpaired) electrons. The molecular weight excluding hydrogens is 380 g/mol. The summed E-state index contributed by atoms with van der Waals surface area (Å²) in [5, 5.41) is 3.03. The van der Waals surface area contributed by atoms with Crippen LogP contribution in [0.1, 0.15) is 18.4 Å². The number of para-hydroxylation sites is 3. The van der Waals surface area contributed by atoms with Gasteiger partial charge in [-0.2, -0.15) is 0 Å². The fourth-order valence-electron chi connectivity index (χ4n) is 3.92. The summed E-state index contributed by atoms with van der Waals surface area (Å²) in [6.07, 6.45) is 0.942. The highest BCUT2D eigenvalue weighted by Crippen LogP contribution is 2.21. The fraction of sp³-hybridized carbons (Fsp3) is 0.391. The predicted octanol–water partition coefficient (Wildman–Crippen LogP) is 2.44. The number of anilines is 1. The van der Waals surface area contributed by atoms with Crippen LogP contribution in [-0.4, -0.2) is 48.6 Å². The van der Waals surface area contributed by atoms with E-state index in [1.54, 1.807) is 10.6 Å². The number of carbonyl (C=O) groups is 1. The number of likely N-dealkylation sites (N-methyl/N-ethyl adjacent to an activating group) is 1. The van der Waals surface area contributed by atoms with Crippen LogP contribution in [0, 0.1) is 0 Å². The number of carbonyl (C=O) groups excluding carboxylic acids is 1. The van der Waals surface area contributed by atoms with E-state index in [0.29, 0.717) is 31.5 Å². The number of aromatic nitrogens is 1. The summed E-state index contributed by atoms with van der Waals surface area (Å²) in [6.45, 7) is 5.05. The van der Waals surface area contributed by atoms with Gasteiger partial charge >= 0.3 is 5.76 Å². The molecule has 1 aliphatic rings. The Kier molecular flexibility index (Phi) is 6.18. The second-order valence-corrected chi connectivity index (χ2v) is 7.79. The van der Waals surface area contributed by atoms with Crippen molar-refractivity contribution in [3.63, 3.8) is 0 Å². The number of fused-ring (bicyclic) bond motifs is 1. The number of nitrogens with one attached hydrogen (secondary N) is 1. The van der Waals surface area contributed by atoms with E-state index < -0.39 is 0 Å². The van der Waals surface area contributed by atoms with E-state index >= 15 is 0 Å².